The molecule has 2 rings (SSSR count). The summed E-state index contributed by atoms with van der Waals surface area (Å²) in [6.07, 6.45) is 2.11. The fourth-order valence-corrected chi connectivity index (χ4v) is 3.08. The molecule has 1 aliphatic carbocycles. The van der Waals surface area contributed by atoms with Crippen molar-refractivity contribution in [2.45, 2.75) is 32.2 Å². The van der Waals surface area contributed by atoms with Crippen LogP contribution in [-0.2, 0) is 16.0 Å². The molecule has 1 saturated carbocycles. The van der Waals surface area contributed by atoms with E-state index < -0.39 is 11.9 Å². The van der Waals surface area contributed by atoms with Crippen molar-refractivity contribution in [1.82, 2.24) is 5.32 Å². The summed E-state index contributed by atoms with van der Waals surface area (Å²) in [5.41, 5.74) is 0. The Morgan fingerprint density at radius 2 is 2.22 bits per heavy atom. The highest BCUT2D eigenvalue weighted by Gasteiger charge is 2.41. The molecule has 1 aromatic heterocycles. The van der Waals surface area contributed by atoms with Gasteiger partial charge in [0, 0.05) is 17.3 Å². The zero-order valence-corrected chi connectivity index (χ0v) is 11.1. The largest absolute Gasteiger partial charge is 0.481 e. The lowest BCUT2D eigenvalue weighted by Gasteiger charge is -2.32. The molecule has 18 heavy (non-hydrogen) atoms. The lowest BCUT2D eigenvalue weighted by atomic mass is 9.73. The fourth-order valence-electron chi connectivity index (χ4n) is 2.24. The smallest absolute Gasteiger partial charge is 0.307 e. The zero-order chi connectivity index (χ0) is 13.1. The number of hydrogen-bond donors (Lipinski definition) is 2. The second-order valence-corrected chi connectivity index (χ2v) is 5.85. The lowest BCUT2D eigenvalue weighted by Crippen LogP contribution is -2.47. The summed E-state index contributed by atoms with van der Waals surface area (Å²) in [5.74, 6) is -1.79. The molecule has 2 N–H and O–H groups in total. The second-order valence-electron chi connectivity index (χ2n) is 4.82. The third-order valence-corrected chi connectivity index (χ3v) is 4.30. The summed E-state index contributed by atoms with van der Waals surface area (Å²) < 4.78 is 0. The quantitative estimate of drug-likeness (QED) is 0.856. The number of rotatable bonds is 5. The maximum absolute atomic E-state index is 11.9. The molecule has 98 valence electrons. The van der Waals surface area contributed by atoms with Crippen LogP contribution < -0.4 is 5.32 Å². The second kappa shape index (κ2) is 5.52. The van der Waals surface area contributed by atoms with E-state index in [9.17, 15) is 9.59 Å². The Hall–Kier alpha value is -1.36. The van der Waals surface area contributed by atoms with Crippen molar-refractivity contribution in [3.05, 3.63) is 22.4 Å². The predicted octanol–water partition coefficient (Wildman–Crippen LogP) is 1.91. The molecule has 0 radical (unpaired) electrons. The maximum Gasteiger partial charge on any atom is 0.307 e. The maximum atomic E-state index is 11.9. The summed E-state index contributed by atoms with van der Waals surface area (Å²) in [7, 11) is 0. The van der Waals surface area contributed by atoms with Crippen LogP contribution in [0.5, 0.6) is 0 Å². The Morgan fingerprint density at radius 1 is 1.50 bits per heavy atom. The van der Waals surface area contributed by atoms with Crippen LogP contribution in [0.3, 0.4) is 0 Å². The molecule has 0 saturated heterocycles. The SMILES string of the molecule is CC(Cc1cccs1)NC(=O)C1CCC1C(=O)O. The summed E-state index contributed by atoms with van der Waals surface area (Å²) >= 11 is 1.67. The lowest BCUT2D eigenvalue weighted by molar-refractivity contribution is -0.152. The summed E-state index contributed by atoms with van der Waals surface area (Å²) in [4.78, 5) is 24.0. The molecule has 3 unspecified atom stereocenters. The normalized spacial score (nSPS) is 24.1. The first-order valence-electron chi connectivity index (χ1n) is 6.13. The van der Waals surface area contributed by atoms with Gasteiger partial charge in [0.25, 0.3) is 0 Å². The van der Waals surface area contributed by atoms with Crippen molar-refractivity contribution in [3.63, 3.8) is 0 Å². The third kappa shape index (κ3) is 2.90. The van der Waals surface area contributed by atoms with Crippen LogP contribution in [0.2, 0.25) is 0 Å². The van der Waals surface area contributed by atoms with Crippen molar-refractivity contribution in [1.29, 1.82) is 0 Å². The van der Waals surface area contributed by atoms with Gasteiger partial charge in [0.2, 0.25) is 5.91 Å². The van der Waals surface area contributed by atoms with Crippen molar-refractivity contribution >= 4 is 23.2 Å². The van der Waals surface area contributed by atoms with E-state index in [2.05, 4.69) is 5.32 Å². The molecule has 0 aliphatic heterocycles. The molecule has 0 bridgehead atoms. The van der Waals surface area contributed by atoms with Gasteiger partial charge in [-0.2, -0.15) is 0 Å². The minimum Gasteiger partial charge on any atom is -0.481 e. The number of thiophene rings is 1. The van der Waals surface area contributed by atoms with Crippen molar-refractivity contribution in [3.8, 4) is 0 Å². The van der Waals surface area contributed by atoms with E-state index in [1.54, 1.807) is 11.3 Å². The van der Waals surface area contributed by atoms with E-state index in [4.69, 9.17) is 5.11 Å². The van der Waals surface area contributed by atoms with Gasteiger partial charge in [-0.25, -0.2) is 0 Å². The Morgan fingerprint density at radius 3 is 2.72 bits per heavy atom. The van der Waals surface area contributed by atoms with E-state index in [1.165, 1.54) is 4.88 Å². The Kier molecular flexibility index (Phi) is 4.01. The van der Waals surface area contributed by atoms with Crippen LogP contribution in [0.25, 0.3) is 0 Å². The first-order valence-corrected chi connectivity index (χ1v) is 7.01. The highest BCUT2D eigenvalue weighted by atomic mass is 32.1. The Bertz CT molecular complexity index is 429. The van der Waals surface area contributed by atoms with E-state index >= 15 is 0 Å². The van der Waals surface area contributed by atoms with Gasteiger partial charge >= 0.3 is 5.97 Å². The van der Waals surface area contributed by atoms with Gasteiger partial charge in [0.05, 0.1) is 11.8 Å². The van der Waals surface area contributed by atoms with Crippen molar-refractivity contribution < 1.29 is 14.7 Å². The number of carbonyl (C=O) groups is 2. The van der Waals surface area contributed by atoms with Crippen LogP contribution in [0.4, 0.5) is 0 Å². The van der Waals surface area contributed by atoms with Gasteiger partial charge in [0.1, 0.15) is 0 Å². The topological polar surface area (TPSA) is 66.4 Å². The standard InChI is InChI=1S/C13H17NO3S/c1-8(7-9-3-2-6-18-9)14-12(15)10-4-5-11(10)13(16)17/h2-3,6,8,10-11H,4-5,7H2,1H3,(H,14,15)(H,16,17). The summed E-state index contributed by atoms with van der Waals surface area (Å²) in [6, 6.07) is 4.07. The van der Waals surface area contributed by atoms with Gasteiger partial charge < -0.3 is 10.4 Å². The van der Waals surface area contributed by atoms with E-state index in [0.717, 1.165) is 6.42 Å². The monoisotopic (exact) mass is 267 g/mol. The molecule has 4 nitrogen and oxygen atoms in total. The number of carboxylic acids is 1. The van der Waals surface area contributed by atoms with Gasteiger partial charge in [-0.1, -0.05) is 6.07 Å². The van der Waals surface area contributed by atoms with Gasteiger partial charge in [-0.05, 0) is 31.2 Å². The molecule has 5 heteroatoms. The third-order valence-electron chi connectivity index (χ3n) is 3.40. The molecular weight excluding hydrogens is 250 g/mol. The average molecular weight is 267 g/mol. The zero-order valence-electron chi connectivity index (χ0n) is 10.3. The molecular formula is C13H17NO3S. The van der Waals surface area contributed by atoms with E-state index in [-0.39, 0.29) is 17.9 Å². The molecule has 1 fully saturated rings. The highest BCUT2D eigenvalue weighted by Crippen LogP contribution is 2.34. The molecule has 1 heterocycles. The van der Waals surface area contributed by atoms with Gasteiger partial charge in [-0.15, -0.1) is 11.3 Å². The van der Waals surface area contributed by atoms with Crippen LogP contribution in [0.15, 0.2) is 17.5 Å². The number of nitrogens with one attached hydrogen (secondary N) is 1. The summed E-state index contributed by atoms with van der Waals surface area (Å²) in [5, 5.41) is 13.8. The molecule has 0 spiro atoms. The molecule has 1 aromatic rings. The molecule has 1 amide bonds. The van der Waals surface area contributed by atoms with Crippen molar-refractivity contribution in [2.75, 3.05) is 0 Å². The Labute approximate surface area is 110 Å². The average Bonchev–Trinajstić information content (AvgIpc) is 2.66. The first kappa shape index (κ1) is 13.1. The fraction of sp³-hybridized carbons (Fsp3) is 0.538. The van der Waals surface area contributed by atoms with Crippen LogP contribution in [0, 0.1) is 11.8 Å². The summed E-state index contributed by atoms with van der Waals surface area (Å²) in [6.45, 7) is 1.95. The number of carboxylic acid groups (broad SMARTS) is 1. The molecule has 0 aromatic carbocycles. The highest BCUT2D eigenvalue weighted by molar-refractivity contribution is 7.09. The number of carbonyl (C=O) groups excluding carboxylic acids is 1. The number of aliphatic carboxylic acids is 1. The van der Waals surface area contributed by atoms with Crippen LogP contribution in [0.1, 0.15) is 24.6 Å². The van der Waals surface area contributed by atoms with Gasteiger partial charge in [0.15, 0.2) is 0 Å². The van der Waals surface area contributed by atoms with E-state index in [0.29, 0.717) is 12.8 Å². The first-order chi connectivity index (χ1) is 8.58. The van der Waals surface area contributed by atoms with Crippen LogP contribution in [-0.4, -0.2) is 23.0 Å². The Balaban J connectivity index is 1.82. The van der Waals surface area contributed by atoms with Crippen LogP contribution >= 0.6 is 11.3 Å². The minimum absolute atomic E-state index is 0.0474. The number of amides is 1. The predicted molar refractivity (Wildman–Crippen MR) is 69.5 cm³/mol. The minimum atomic E-state index is -0.854. The van der Waals surface area contributed by atoms with Gasteiger partial charge in [-0.3, -0.25) is 9.59 Å². The molecule has 3 atom stereocenters. The van der Waals surface area contributed by atoms with E-state index in [1.807, 2.05) is 24.4 Å². The van der Waals surface area contributed by atoms with Crippen molar-refractivity contribution in [2.24, 2.45) is 11.8 Å². The number of hydrogen-bond acceptors (Lipinski definition) is 3. The molecule has 1 aliphatic rings.